The van der Waals surface area contributed by atoms with Crippen LogP contribution in [0.5, 0.6) is 0 Å². The Kier molecular flexibility index (Phi) is 3.86. The molecule has 1 N–H and O–H groups in total. The van der Waals surface area contributed by atoms with E-state index in [0.29, 0.717) is 5.71 Å². The average Bonchev–Trinajstić information content (AvgIpc) is 2.74. The van der Waals surface area contributed by atoms with Crippen molar-refractivity contribution in [2.24, 2.45) is 0 Å². The third-order valence-electron chi connectivity index (χ3n) is 4.58. The molecule has 0 atom stereocenters. The number of benzene rings is 1. The summed E-state index contributed by atoms with van der Waals surface area (Å²) in [6.45, 7) is 4.33. The lowest BCUT2D eigenvalue weighted by Crippen LogP contribution is -2.38. The molecule has 1 saturated heterocycles. The van der Waals surface area contributed by atoms with Crippen LogP contribution >= 0.6 is 0 Å². The molecule has 2 aliphatic rings. The van der Waals surface area contributed by atoms with E-state index in [2.05, 4.69) is 13.1 Å². The molecule has 2 fully saturated rings. The fourth-order valence-electron chi connectivity index (χ4n) is 3.45. The predicted octanol–water partition coefficient (Wildman–Crippen LogP) is 4.39. The van der Waals surface area contributed by atoms with E-state index < -0.39 is 8.32 Å². The summed E-state index contributed by atoms with van der Waals surface area (Å²) >= 11 is 0. The van der Waals surface area contributed by atoms with Gasteiger partial charge < -0.3 is 5.41 Å². The van der Waals surface area contributed by atoms with Crippen molar-refractivity contribution in [1.29, 1.82) is 5.41 Å². The zero-order valence-electron chi connectivity index (χ0n) is 12.8. The Bertz CT molecular complexity index is 559. The minimum Gasteiger partial charge on any atom is -0.300 e. The molecule has 1 spiro atoms. The predicted molar refractivity (Wildman–Crippen MR) is 86.8 cm³/mol. The molecule has 1 aliphatic carbocycles. The van der Waals surface area contributed by atoms with Crippen LogP contribution in [-0.4, -0.2) is 19.6 Å². The Balaban J connectivity index is 1.96. The van der Waals surface area contributed by atoms with Crippen LogP contribution in [0, 0.1) is 5.41 Å². The quantitative estimate of drug-likeness (QED) is 0.500. The second-order valence-corrected chi connectivity index (χ2v) is 10.3. The summed E-state index contributed by atoms with van der Waals surface area (Å²) in [5, 5.41) is 9.66. The van der Waals surface area contributed by atoms with Gasteiger partial charge in [-0.3, -0.25) is 4.58 Å². The molecule has 21 heavy (non-hydrogen) atoms. The normalized spacial score (nSPS) is 25.3. The van der Waals surface area contributed by atoms with E-state index in [-0.39, 0.29) is 5.60 Å². The van der Waals surface area contributed by atoms with E-state index in [1.165, 1.54) is 24.5 Å². The second-order valence-electron chi connectivity index (χ2n) is 6.57. The lowest BCUT2D eigenvalue weighted by atomic mass is 9.84. The van der Waals surface area contributed by atoms with Gasteiger partial charge in [0.15, 0.2) is 0 Å². The molecule has 1 aliphatic heterocycles. The van der Waals surface area contributed by atoms with Crippen molar-refractivity contribution in [1.82, 2.24) is 0 Å². The van der Waals surface area contributed by atoms with Gasteiger partial charge in [-0.25, -0.2) is 4.89 Å². The topological polar surface area (TPSA) is 42.3 Å². The van der Waals surface area contributed by atoms with Crippen LogP contribution < -0.4 is 0 Å². The zero-order valence-corrected chi connectivity index (χ0v) is 13.8. The fourth-order valence-corrected chi connectivity index (χ4v) is 5.79. The summed E-state index contributed by atoms with van der Waals surface area (Å²) in [6.07, 6.45) is 7.72. The van der Waals surface area contributed by atoms with Gasteiger partial charge >= 0.3 is 0 Å². The molecular weight excluding hydrogens is 278 g/mol. The molecule has 0 aromatic heterocycles. The second kappa shape index (κ2) is 5.52. The number of hydrogen-bond acceptors (Lipinski definition) is 3. The summed E-state index contributed by atoms with van der Waals surface area (Å²) in [7, 11) is -2.03. The number of rotatable bonds is 2. The van der Waals surface area contributed by atoms with Gasteiger partial charge in [0.25, 0.3) is 8.32 Å². The highest BCUT2D eigenvalue weighted by Gasteiger charge is 2.53. The van der Waals surface area contributed by atoms with Crippen LogP contribution in [0.1, 0.15) is 37.7 Å². The van der Waals surface area contributed by atoms with Gasteiger partial charge in [0, 0.05) is 0 Å². The van der Waals surface area contributed by atoms with Crippen molar-refractivity contribution < 1.29 is 9.46 Å². The Labute approximate surface area is 127 Å². The van der Waals surface area contributed by atoms with Gasteiger partial charge in [-0.15, -0.1) is 0 Å². The Hall–Kier alpha value is -1.23. The van der Waals surface area contributed by atoms with Gasteiger partial charge in [-0.1, -0.05) is 49.6 Å². The van der Waals surface area contributed by atoms with E-state index >= 15 is 0 Å². The SMILES string of the molecule is C[Si]1(C)OOC2(CCCCC2)/C1=C/C(=N)c1ccccc1. The number of hydrogen-bond donors (Lipinski definition) is 1. The molecule has 1 aromatic rings. The van der Waals surface area contributed by atoms with E-state index in [9.17, 15) is 0 Å². The van der Waals surface area contributed by atoms with Crippen LogP contribution in [0.15, 0.2) is 41.6 Å². The lowest BCUT2D eigenvalue weighted by Gasteiger charge is -2.32. The first-order chi connectivity index (χ1) is 10.0. The Morgan fingerprint density at radius 3 is 2.48 bits per heavy atom. The molecule has 3 nitrogen and oxygen atoms in total. The van der Waals surface area contributed by atoms with Crippen molar-refractivity contribution in [2.75, 3.05) is 0 Å². The maximum Gasteiger partial charge on any atom is 0.262 e. The maximum absolute atomic E-state index is 8.41. The molecule has 0 bridgehead atoms. The summed E-state index contributed by atoms with van der Waals surface area (Å²) < 4.78 is 5.76. The van der Waals surface area contributed by atoms with E-state index in [0.717, 1.165) is 18.4 Å². The standard InChI is InChI=1S/C17H23NO2Si/c1-21(2)16(13-15(18)14-9-5-3-6-10-14)17(19-20-21)11-7-4-8-12-17/h3,5-6,9-10,13,18H,4,7-8,11-12H2,1-2H3/b16-13-,18-15?. The van der Waals surface area contributed by atoms with E-state index in [4.69, 9.17) is 14.9 Å². The van der Waals surface area contributed by atoms with E-state index in [1.807, 2.05) is 36.4 Å². The summed E-state index contributed by atoms with van der Waals surface area (Å²) in [4.78, 5) is 5.84. The molecule has 0 radical (unpaired) electrons. The molecule has 1 heterocycles. The first-order valence-electron chi connectivity index (χ1n) is 7.77. The van der Waals surface area contributed by atoms with Crippen LogP contribution in [0.3, 0.4) is 0 Å². The maximum atomic E-state index is 8.41. The largest absolute Gasteiger partial charge is 0.300 e. The van der Waals surface area contributed by atoms with Crippen LogP contribution in [-0.2, 0) is 9.46 Å². The van der Waals surface area contributed by atoms with Gasteiger partial charge in [0.2, 0.25) is 0 Å². The van der Waals surface area contributed by atoms with Crippen molar-refractivity contribution >= 4 is 14.0 Å². The van der Waals surface area contributed by atoms with E-state index in [1.54, 1.807) is 0 Å². The summed E-state index contributed by atoms with van der Waals surface area (Å²) in [6, 6.07) is 9.90. The summed E-state index contributed by atoms with van der Waals surface area (Å²) in [5.41, 5.74) is 1.26. The first-order valence-corrected chi connectivity index (χ1v) is 10.7. The minimum atomic E-state index is -2.03. The molecule has 0 unspecified atom stereocenters. The molecule has 0 amide bonds. The fraction of sp³-hybridized carbons (Fsp3) is 0.471. The molecule has 3 rings (SSSR count). The molecule has 112 valence electrons. The average molecular weight is 301 g/mol. The Morgan fingerprint density at radius 1 is 1.14 bits per heavy atom. The third kappa shape index (κ3) is 2.75. The summed E-state index contributed by atoms with van der Waals surface area (Å²) in [5.74, 6) is 0. The molecule has 4 heteroatoms. The van der Waals surface area contributed by atoms with Gasteiger partial charge in [-0.2, -0.15) is 0 Å². The Morgan fingerprint density at radius 2 is 1.81 bits per heavy atom. The molecule has 1 saturated carbocycles. The van der Waals surface area contributed by atoms with Crippen LogP contribution in [0.25, 0.3) is 0 Å². The molecular formula is C17H23NO2Si. The van der Waals surface area contributed by atoms with Gasteiger partial charge in [0.05, 0.1) is 5.71 Å². The van der Waals surface area contributed by atoms with Crippen molar-refractivity contribution in [3.05, 3.63) is 47.2 Å². The van der Waals surface area contributed by atoms with Gasteiger partial charge in [-0.05, 0) is 42.8 Å². The highest BCUT2D eigenvalue weighted by Crippen LogP contribution is 2.47. The van der Waals surface area contributed by atoms with Crippen molar-refractivity contribution in [3.63, 3.8) is 0 Å². The highest BCUT2D eigenvalue weighted by molar-refractivity contribution is 6.79. The lowest BCUT2D eigenvalue weighted by molar-refractivity contribution is -0.271. The molecule has 1 aromatic carbocycles. The van der Waals surface area contributed by atoms with Crippen LogP contribution in [0.2, 0.25) is 13.1 Å². The third-order valence-corrected chi connectivity index (χ3v) is 6.98. The number of allylic oxidation sites excluding steroid dienone is 1. The highest BCUT2D eigenvalue weighted by atomic mass is 28.4. The smallest absolute Gasteiger partial charge is 0.262 e. The van der Waals surface area contributed by atoms with Gasteiger partial charge in [0.1, 0.15) is 5.60 Å². The van der Waals surface area contributed by atoms with Crippen molar-refractivity contribution in [3.8, 4) is 0 Å². The van der Waals surface area contributed by atoms with Crippen LogP contribution in [0.4, 0.5) is 0 Å². The minimum absolute atomic E-state index is 0.255. The van der Waals surface area contributed by atoms with Crippen molar-refractivity contribution in [2.45, 2.75) is 50.8 Å². The zero-order chi connectivity index (χ0) is 14.9. The number of nitrogens with one attached hydrogen (secondary N) is 1. The first kappa shape index (κ1) is 14.7. The monoisotopic (exact) mass is 301 g/mol.